The van der Waals surface area contributed by atoms with Crippen molar-refractivity contribution < 1.29 is 5.11 Å². The van der Waals surface area contributed by atoms with Crippen molar-refractivity contribution in [3.8, 4) is 0 Å². The number of aromatic nitrogens is 1. The first-order valence-electron chi connectivity index (χ1n) is 7.18. The van der Waals surface area contributed by atoms with Crippen LogP contribution in [-0.2, 0) is 0 Å². The Labute approximate surface area is 125 Å². The molecule has 2 rings (SSSR count). The number of nitrogens with one attached hydrogen (secondary N) is 1. The molecule has 0 bridgehead atoms. The molecule has 0 fully saturated rings. The summed E-state index contributed by atoms with van der Waals surface area (Å²) in [6, 6.07) is 8.34. The zero-order valence-corrected chi connectivity index (χ0v) is 13.5. The maximum Gasteiger partial charge on any atom is 0.111 e. The van der Waals surface area contributed by atoms with E-state index in [-0.39, 0.29) is 6.04 Å². The minimum absolute atomic E-state index is 0.158. The standard InChI is InChI=1S/C16H24N2OS/c1-11(2)9-16(4,19)10-17-12(3)15-18-13-7-5-6-8-14(13)20-15/h5-8,11-12,17,19H,9-10H2,1-4H3. The fourth-order valence-electron chi connectivity index (χ4n) is 2.49. The first kappa shape index (κ1) is 15.4. The summed E-state index contributed by atoms with van der Waals surface area (Å²) < 4.78 is 1.21. The smallest absolute Gasteiger partial charge is 0.111 e. The first-order valence-corrected chi connectivity index (χ1v) is 8.00. The maximum atomic E-state index is 10.3. The van der Waals surface area contributed by atoms with Crippen molar-refractivity contribution >= 4 is 21.6 Å². The van der Waals surface area contributed by atoms with E-state index in [0.29, 0.717) is 12.5 Å². The minimum atomic E-state index is -0.668. The summed E-state index contributed by atoms with van der Waals surface area (Å²) in [5.74, 6) is 0.490. The Hall–Kier alpha value is -0.970. The number of rotatable bonds is 6. The van der Waals surface area contributed by atoms with Gasteiger partial charge in [-0.2, -0.15) is 0 Å². The van der Waals surface area contributed by atoms with Crippen molar-refractivity contribution in [1.29, 1.82) is 0 Å². The van der Waals surface area contributed by atoms with Crippen molar-refractivity contribution in [2.45, 2.75) is 45.8 Å². The van der Waals surface area contributed by atoms with E-state index in [2.05, 4.69) is 37.1 Å². The number of aliphatic hydroxyl groups is 1. The topological polar surface area (TPSA) is 45.1 Å². The van der Waals surface area contributed by atoms with Gasteiger partial charge in [-0.1, -0.05) is 26.0 Å². The molecule has 1 aromatic carbocycles. The number of benzene rings is 1. The molecule has 1 heterocycles. The summed E-state index contributed by atoms with van der Waals surface area (Å²) in [6.07, 6.45) is 0.798. The fourth-order valence-corrected chi connectivity index (χ4v) is 3.48. The van der Waals surface area contributed by atoms with Crippen molar-refractivity contribution in [2.75, 3.05) is 6.54 Å². The lowest BCUT2D eigenvalue weighted by Gasteiger charge is -2.27. The molecule has 0 saturated carbocycles. The molecule has 0 spiro atoms. The normalized spacial score (nSPS) is 16.5. The third kappa shape index (κ3) is 4.01. The number of nitrogens with zero attached hydrogens (tertiary/aromatic N) is 1. The van der Waals surface area contributed by atoms with Gasteiger partial charge in [-0.3, -0.25) is 0 Å². The van der Waals surface area contributed by atoms with E-state index in [4.69, 9.17) is 0 Å². The summed E-state index contributed by atoms with van der Waals surface area (Å²) in [6.45, 7) is 8.84. The van der Waals surface area contributed by atoms with Gasteiger partial charge < -0.3 is 10.4 Å². The molecule has 4 heteroatoms. The molecule has 0 aliphatic rings. The predicted octanol–water partition coefficient (Wildman–Crippen LogP) is 3.74. The van der Waals surface area contributed by atoms with Crippen LogP contribution in [0.5, 0.6) is 0 Å². The van der Waals surface area contributed by atoms with Crippen LogP contribution in [0.15, 0.2) is 24.3 Å². The second-order valence-electron chi connectivity index (χ2n) is 6.22. The first-order chi connectivity index (χ1) is 9.37. The zero-order valence-electron chi connectivity index (χ0n) is 12.7. The molecule has 0 radical (unpaired) electrons. The van der Waals surface area contributed by atoms with Gasteiger partial charge in [-0.25, -0.2) is 4.98 Å². The molecule has 0 aliphatic heterocycles. The number of thiazole rings is 1. The summed E-state index contributed by atoms with van der Waals surface area (Å²) >= 11 is 1.71. The van der Waals surface area contributed by atoms with E-state index in [1.54, 1.807) is 11.3 Å². The zero-order chi connectivity index (χ0) is 14.8. The molecule has 2 N–H and O–H groups in total. The lowest BCUT2D eigenvalue weighted by Crippen LogP contribution is -2.39. The average Bonchev–Trinajstić information content (AvgIpc) is 2.78. The molecule has 1 aromatic heterocycles. The number of hydrogen-bond donors (Lipinski definition) is 2. The molecule has 0 saturated heterocycles. The van der Waals surface area contributed by atoms with Crippen molar-refractivity contribution in [3.05, 3.63) is 29.3 Å². The van der Waals surface area contributed by atoms with Crippen LogP contribution in [0.25, 0.3) is 10.2 Å². The molecule has 0 aliphatic carbocycles. The van der Waals surface area contributed by atoms with Gasteiger partial charge in [-0.05, 0) is 38.3 Å². The highest BCUT2D eigenvalue weighted by atomic mass is 32.1. The lowest BCUT2D eigenvalue weighted by molar-refractivity contribution is 0.0363. The summed E-state index contributed by atoms with van der Waals surface area (Å²) in [4.78, 5) is 4.65. The number of fused-ring (bicyclic) bond motifs is 1. The molecular weight excluding hydrogens is 268 g/mol. The van der Waals surface area contributed by atoms with Crippen LogP contribution in [0.4, 0.5) is 0 Å². The second-order valence-corrected chi connectivity index (χ2v) is 7.28. The SMILES string of the molecule is CC(C)CC(C)(O)CNC(C)c1nc2ccccc2s1. The summed E-state index contributed by atoms with van der Waals surface area (Å²) in [5, 5.41) is 14.8. The fraction of sp³-hybridized carbons (Fsp3) is 0.562. The van der Waals surface area contributed by atoms with Crippen LogP contribution < -0.4 is 5.32 Å². The van der Waals surface area contributed by atoms with Gasteiger partial charge in [0.25, 0.3) is 0 Å². The Morgan fingerprint density at radius 1 is 1.30 bits per heavy atom. The molecule has 3 nitrogen and oxygen atoms in total. The minimum Gasteiger partial charge on any atom is -0.389 e. The van der Waals surface area contributed by atoms with Crippen LogP contribution >= 0.6 is 11.3 Å². The Morgan fingerprint density at radius 2 is 2.00 bits per heavy atom. The van der Waals surface area contributed by atoms with Gasteiger partial charge in [0.2, 0.25) is 0 Å². The Morgan fingerprint density at radius 3 is 2.65 bits per heavy atom. The third-order valence-corrected chi connectivity index (χ3v) is 4.54. The van der Waals surface area contributed by atoms with E-state index in [0.717, 1.165) is 16.9 Å². The summed E-state index contributed by atoms with van der Waals surface area (Å²) in [5.41, 5.74) is 0.383. The Kier molecular flexibility index (Phi) is 4.78. The highest BCUT2D eigenvalue weighted by molar-refractivity contribution is 7.18. The monoisotopic (exact) mass is 292 g/mol. The van der Waals surface area contributed by atoms with Gasteiger partial charge in [0.15, 0.2) is 0 Å². The van der Waals surface area contributed by atoms with Crippen LogP contribution in [-0.4, -0.2) is 22.2 Å². The Bertz CT molecular complexity index is 529. The van der Waals surface area contributed by atoms with Crippen LogP contribution in [0.1, 0.15) is 45.2 Å². The quantitative estimate of drug-likeness (QED) is 0.852. The maximum absolute atomic E-state index is 10.3. The molecule has 2 aromatic rings. The lowest BCUT2D eigenvalue weighted by atomic mass is 9.94. The van der Waals surface area contributed by atoms with Gasteiger partial charge in [0.1, 0.15) is 5.01 Å². The van der Waals surface area contributed by atoms with Crippen LogP contribution in [0.3, 0.4) is 0 Å². The largest absolute Gasteiger partial charge is 0.389 e. The van der Waals surface area contributed by atoms with Crippen molar-refractivity contribution in [1.82, 2.24) is 10.3 Å². The predicted molar refractivity (Wildman–Crippen MR) is 86.1 cm³/mol. The molecule has 20 heavy (non-hydrogen) atoms. The van der Waals surface area contributed by atoms with E-state index < -0.39 is 5.60 Å². The Balaban J connectivity index is 1.99. The highest BCUT2D eigenvalue weighted by Crippen LogP contribution is 2.26. The molecule has 2 atom stereocenters. The van der Waals surface area contributed by atoms with Gasteiger partial charge in [0.05, 0.1) is 21.9 Å². The second kappa shape index (κ2) is 6.20. The highest BCUT2D eigenvalue weighted by Gasteiger charge is 2.23. The van der Waals surface area contributed by atoms with E-state index in [9.17, 15) is 5.11 Å². The number of para-hydroxylation sites is 1. The van der Waals surface area contributed by atoms with Crippen LogP contribution in [0, 0.1) is 5.92 Å². The van der Waals surface area contributed by atoms with E-state index in [1.165, 1.54) is 4.70 Å². The average molecular weight is 292 g/mol. The molecular formula is C16H24N2OS. The van der Waals surface area contributed by atoms with Gasteiger partial charge in [0, 0.05) is 6.54 Å². The van der Waals surface area contributed by atoms with Gasteiger partial charge in [-0.15, -0.1) is 11.3 Å². The molecule has 110 valence electrons. The van der Waals surface area contributed by atoms with E-state index >= 15 is 0 Å². The molecule has 2 unspecified atom stereocenters. The third-order valence-electron chi connectivity index (χ3n) is 3.32. The number of hydrogen-bond acceptors (Lipinski definition) is 4. The van der Waals surface area contributed by atoms with Crippen molar-refractivity contribution in [3.63, 3.8) is 0 Å². The van der Waals surface area contributed by atoms with Crippen LogP contribution in [0.2, 0.25) is 0 Å². The summed E-state index contributed by atoms with van der Waals surface area (Å²) in [7, 11) is 0. The molecule has 0 amide bonds. The van der Waals surface area contributed by atoms with Gasteiger partial charge >= 0.3 is 0 Å². The van der Waals surface area contributed by atoms with Crippen molar-refractivity contribution in [2.24, 2.45) is 5.92 Å². The van der Waals surface area contributed by atoms with E-state index in [1.807, 2.05) is 25.1 Å².